The lowest BCUT2D eigenvalue weighted by molar-refractivity contribution is 0.238. The SMILES string of the molecule is CCC(C)(NC(=O)Nc1ccc(N2CCSCC2)cc1C)c1ccccc1. The molecule has 1 aliphatic rings. The summed E-state index contributed by atoms with van der Waals surface area (Å²) < 4.78 is 0. The first kappa shape index (κ1) is 19.6. The zero-order valence-electron chi connectivity index (χ0n) is 16.4. The van der Waals surface area contributed by atoms with E-state index in [9.17, 15) is 4.79 Å². The molecule has 1 saturated heterocycles. The summed E-state index contributed by atoms with van der Waals surface area (Å²) in [5.41, 5.74) is 3.89. The Balaban J connectivity index is 1.68. The van der Waals surface area contributed by atoms with Gasteiger partial charge >= 0.3 is 6.03 Å². The predicted molar refractivity (Wildman–Crippen MR) is 117 cm³/mol. The van der Waals surface area contributed by atoms with E-state index in [4.69, 9.17) is 0 Å². The van der Waals surface area contributed by atoms with E-state index in [1.165, 1.54) is 17.2 Å². The molecule has 0 saturated carbocycles. The number of carbonyl (C=O) groups excluding carboxylic acids is 1. The zero-order valence-corrected chi connectivity index (χ0v) is 17.2. The van der Waals surface area contributed by atoms with Crippen LogP contribution in [-0.2, 0) is 5.54 Å². The summed E-state index contributed by atoms with van der Waals surface area (Å²) in [4.78, 5) is 15.1. The summed E-state index contributed by atoms with van der Waals surface area (Å²) in [6.45, 7) is 8.37. The Kier molecular flexibility index (Phi) is 6.32. The molecule has 2 N–H and O–H groups in total. The van der Waals surface area contributed by atoms with Crippen molar-refractivity contribution in [1.82, 2.24) is 5.32 Å². The number of nitrogens with zero attached hydrogens (tertiary/aromatic N) is 1. The number of benzene rings is 2. The maximum absolute atomic E-state index is 12.7. The van der Waals surface area contributed by atoms with Crippen LogP contribution in [0.15, 0.2) is 48.5 Å². The van der Waals surface area contributed by atoms with Crippen molar-refractivity contribution in [3.63, 3.8) is 0 Å². The normalized spacial score (nSPS) is 16.5. The van der Waals surface area contributed by atoms with Gasteiger partial charge in [0.1, 0.15) is 0 Å². The molecule has 144 valence electrons. The second-order valence-electron chi connectivity index (χ2n) is 7.23. The van der Waals surface area contributed by atoms with Gasteiger partial charge in [-0.25, -0.2) is 4.79 Å². The molecule has 3 rings (SSSR count). The summed E-state index contributed by atoms with van der Waals surface area (Å²) in [6.07, 6.45) is 0.815. The molecule has 1 unspecified atom stereocenters. The number of amides is 2. The number of thioether (sulfide) groups is 1. The second-order valence-corrected chi connectivity index (χ2v) is 8.45. The Hall–Kier alpha value is -2.14. The summed E-state index contributed by atoms with van der Waals surface area (Å²) in [6, 6.07) is 16.2. The van der Waals surface area contributed by atoms with Crippen LogP contribution in [0.2, 0.25) is 0 Å². The maximum atomic E-state index is 12.7. The Bertz CT molecular complexity index is 774. The van der Waals surface area contributed by atoms with Crippen LogP contribution >= 0.6 is 11.8 Å². The Morgan fingerprint density at radius 3 is 2.48 bits per heavy atom. The topological polar surface area (TPSA) is 44.4 Å². The Morgan fingerprint density at radius 1 is 1.15 bits per heavy atom. The van der Waals surface area contributed by atoms with Gasteiger partial charge in [-0.15, -0.1) is 0 Å². The van der Waals surface area contributed by atoms with Gasteiger partial charge in [0.05, 0.1) is 5.54 Å². The molecular weight excluding hydrogens is 354 g/mol. The fourth-order valence-electron chi connectivity index (χ4n) is 3.38. The minimum atomic E-state index is -0.398. The number of urea groups is 1. The van der Waals surface area contributed by atoms with E-state index < -0.39 is 5.54 Å². The molecular formula is C22H29N3OS. The molecule has 0 radical (unpaired) electrons. The van der Waals surface area contributed by atoms with Crippen molar-refractivity contribution in [3.05, 3.63) is 59.7 Å². The van der Waals surface area contributed by atoms with Crippen LogP contribution < -0.4 is 15.5 Å². The van der Waals surface area contributed by atoms with Crippen molar-refractivity contribution in [3.8, 4) is 0 Å². The van der Waals surface area contributed by atoms with Crippen molar-refractivity contribution < 1.29 is 4.79 Å². The van der Waals surface area contributed by atoms with Crippen LogP contribution in [0.25, 0.3) is 0 Å². The minimum Gasteiger partial charge on any atom is -0.370 e. The molecule has 0 bridgehead atoms. The highest BCUT2D eigenvalue weighted by atomic mass is 32.2. The number of aryl methyl sites for hydroxylation is 1. The summed E-state index contributed by atoms with van der Waals surface area (Å²) >= 11 is 2.01. The summed E-state index contributed by atoms with van der Waals surface area (Å²) in [5.74, 6) is 2.35. The Labute approximate surface area is 166 Å². The monoisotopic (exact) mass is 383 g/mol. The van der Waals surface area contributed by atoms with Crippen molar-refractivity contribution in [2.24, 2.45) is 0 Å². The van der Waals surface area contributed by atoms with Gasteiger partial charge in [0, 0.05) is 36.0 Å². The highest BCUT2D eigenvalue weighted by molar-refractivity contribution is 7.99. The highest BCUT2D eigenvalue weighted by Gasteiger charge is 2.26. The van der Waals surface area contributed by atoms with Gasteiger partial charge in [-0.2, -0.15) is 11.8 Å². The molecule has 2 aromatic carbocycles. The lowest BCUT2D eigenvalue weighted by atomic mass is 9.89. The average Bonchev–Trinajstić information content (AvgIpc) is 2.70. The molecule has 2 aromatic rings. The van der Waals surface area contributed by atoms with Gasteiger partial charge in [0.2, 0.25) is 0 Å². The molecule has 27 heavy (non-hydrogen) atoms. The van der Waals surface area contributed by atoms with E-state index in [0.717, 1.165) is 36.3 Å². The maximum Gasteiger partial charge on any atom is 0.319 e. The quantitative estimate of drug-likeness (QED) is 0.764. The van der Waals surface area contributed by atoms with Crippen LogP contribution in [0.3, 0.4) is 0 Å². The van der Waals surface area contributed by atoms with Gasteiger partial charge < -0.3 is 15.5 Å². The summed E-state index contributed by atoms with van der Waals surface area (Å²) in [7, 11) is 0. The summed E-state index contributed by atoms with van der Waals surface area (Å²) in [5, 5.41) is 6.18. The molecule has 5 heteroatoms. The van der Waals surface area contributed by atoms with Gasteiger partial charge in [-0.3, -0.25) is 0 Å². The third kappa shape index (κ3) is 4.78. The number of rotatable bonds is 5. The zero-order chi connectivity index (χ0) is 19.3. The molecule has 4 nitrogen and oxygen atoms in total. The van der Waals surface area contributed by atoms with Crippen LogP contribution in [-0.4, -0.2) is 30.6 Å². The lowest BCUT2D eigenvalue weighted by Gasteiger charge is -2.31. The first-order valence-corrected chi connectivity index (χ1v) is 10.8. The van der Waals surface area contributed by atoms with Crippen molar-refractivity contribution in [1.29, 1.82) is 0 Å². The van der Waals surface area contributed by atoms with Gasteiger partial charge in [0.25, 0.3) is 0 Å². The molecule has 2 amide bonds. The highest BCUT2D eigenvalue weighted by Crippen LogP contribution is 2.27. The second kappa shape index (κ2) is 8.70. The van der Waals surface area contributed by atoms with Crippen molar-refractivity contribution in [2.45, 2.75) is 32.7 Å². The minimum absolute atomic E-state index is 0.173. The van der Waals surface area contributed by atoms with Crippen LogP contribution in [0.1, 0.15) is 31.4 Å². The average molecular weight is 384 g/mol. The van der Waals surface area contributed by atoms with E-state index >= 15 is 0 Å². The number of carbonyl (C=O) groups is 1. The molecule has 0 spiro atoms. The molecule has 1 fully saturated rings. The van der Waals surface area contributed by atoms with Crippen molar-refractivity contribution in [2.75, 3.05) is 34.8 Å². The number of hydrogen-bond acceptors (Lipinski definition) is 3. The predicted octanol–water partition coefficient (Wildman–Crippen LogP) is 5.00. The third-order valence-electron chi connectivity index (χ3n) is 5.34. The van der Waals surface area contributed by atoms with E-state index in [-0.39, 0.29) is 6.03 Å². The first-order valence-electron chi connectivity index (χ1n) is 9.60. The fraction of sp³-hybridized carbons (Fsp3) is 0.409. The number of nitrogens with one attached hydrogen (secondary N) is 2. The smallest absolute Gasteiger partial charge is 0.319 e. The molecule has 1 aliphatic heterocycles. The third-order valence-corrected chi connectivity index (χ3v) is 6.28. The lowest BCUT2D eigenvalue weighted by Crippen LogP contribution is -2.45. The number of anilines is 2. The van der Waals surface area contributed by atoms with Crippen LogP contribution in [0.4, 0.5) is 16.2 Å². The largest absolute Gasteiger partial charge is 0.370 e. The van der Waals surface area contributed by atoms with E-state index in [1.54, 1.807) is 0 Å². The Morgan fingerprint density at radius 2 is 1.85 bits per heavy atom. The van der Waals surface area contributed by atoms with Crippen molar-refractivity contribution >= 4 is 29.2 Å². The van der Waals surface area contributed by atoms with E-state index in [0.29, 0.717) is 0 Å². The van der Waals surface area contributed by atoms with Crippen LogP contribution in [0, 0.1) is 6.92 Å². The van der Waals surface area contributed by atoms with Gasteiger partial charge in [0.15, 0.2) is 0 Å². The number of hydrogen-bond donors (Lipinski definition) is 2. The fourth-order valence-corrected chi connectivity index (χ4v) is 4.28. The van der Waals surface area contributed by atoms with Gasteiger partial charge in [-0.05, 0) is 49.6 Å². The van der Waals surface area contributed by atoms with E-state index in [1.807, 2.05) is 43.0 Å². The molecule has 0 aromatic heterocycles. The van der Waals surface area contributed by atoms with E-state index in [2.05, 4.69) is 53.6 Å². The molecule has 0 aliphatic carbocycles. The first-order chi connectivity index (χ1) is 13.0. The standard InChI is InChI=1S/C22H29N3OS/c1-4-22(3,18-8-6-5-7-9-18)24-21(26)23-20-11-10-19(16-17(20)2)25-12-14-27-15-13-25/h5-11,16H,4,12-15H2,1-3H3,(H2,23,24,26). The van der Waals surface area contributed by atoms with Gasteiger partial charge in [-0.1, -0.05) is 37.3 Å². The molecule has 1 atom stereocenters. The van der Waals surface area contributed by atoms with Crippen LogP contribution in [0.5, 0.6) is 0 Å². The molecule has 1 heterocycles.